The number of nitriles is 1. The van der Waals surface area contributed by atoms with E-state index >= 15 is 0 Å². The smallest absolute Gasteiger partial charge is 0.248 e. The highest BCUT2D eigenvalue weighted by atomic mass is 35.5. The number of fused-ring (bicyclic) bond motifs is 1. The number of ether oxygens (including phenoxy) is 2. The van der Waals surface area contributed by atoms with Gasteiger partial charge in [0.2, 0.25) is 5.91 Å². The Morgan fingerprint density at radius 2 is 2.15 bits per heavy atom. The standard InChI is InChI=1S/C31H31ClN6O3/c1-5-40-29-16-26-24(15-27(29)37-30(39)10-7-13-38(3)4)31(21(17-33)18-34-26)36-22-11-12-28(25(32)14-22)41-19-23-9-6-8-20(2)35-23/h6-12,14-16,18H,5,13,19H2,1-4H3,(H,34,36)(H,37,39)/b10-7+/i1D3,5D2,6D,7D,8D,9D,10D,11D,12D,13D2,14D,15D,16D,18D,19D2/hD. The monoisotopic (exact) mass is 591 g/mol. The van der Waals surface area contributed by atoms with E-state index in [1.807, 2.05) is 0 Å². The first kappa shape index (κ1) is 12.5. The van der Waals surface area contributed by atoms with Crippen LogP contribution in [0.2, 0.25) is 6.43 Å². The van der Waals surface area contributed by atoms with E-state index in [9.17, 15) is 10.1 Å². The molecule has 1 amide bonds. The van der Waals surface area contributed by atoms with Crippen molar-refractivity contribution >= 4 is 45.5 Å². The first-order valence-corrected chi connectivity index (χ1v) is 11.5. The summed E-state index contributed by atoms with van der Waals surface area (Å²) in [6.45, 7) is -12.1. The Labute approximate surface area is 273 Å². The van der Waals surface area contributed by atoms with E-state index in [0.717, 1.165) is 19.0 Å². The van der Waals surface area contributed by atoms with Crippen LogP contribution in [0.15, 0.2) is 66.6 Å². The maximum Gasteiger partial charge on any atom is 0.248 e. The molecule has 4 rings (SSSR count). The van der Waals surface area contributed by atoms with E-state index in [1.165, 1.54) is 6.92 Å². The van der Waals surface area contributed by atoms with Crippen molar-refractivity contribution in [2.24, 2.45) is 0 Å². The highest BCUT2D eigenvalue weighted by molar-refractivity contribution is 6.32. The normalized spacial score (nSPS) is 20.2. The lowest BCUT2D eigenvalue weighted by Gasteiger charge is -2.16. The molecule has 0 atom stereocenters. The first-order valence-electron chi connectivity index (χ1n) is 21.6. The Hall–Kier alpha value is -4.65. The average molecular weight is 592 g/mol. The number of nitrogens with one attached hydrogen (secondary N) is 2. The van der Waals surface area contributed by atoms with E-state index in [1.54, 1.807) is 6.07 Å². The molecule has 41 heavy (non-hydrogen) atoms. The van der Waals surface area contributed by atoms with E-state index in [-0.39, 0.29) is 5.69 Å². The van der Waals surface area contributed by atoms with E-state index in [0.29, 0.717) is 0 Å². The summed E-state index contributed by atoms with van der Waals surface area (Å²) in [5, 5.41) is 10.5. The van der Waals surface area contributed by atoms with Gasteiger partial charge < -0.3 is 25.0 Å². The maximum absolute atomic E-state index is 13.6. The fourth-order valence-electron chi connectivity index (χ4n) is 2.94. The van der Waals surface area contributed by atoms with Gasteiger partial charge in [-0.05, 0) is 64.1 Å². The van der Waals surface area contributed by atoms with Gasteiger partial charge in [0.05, 0.1) is 60.3 Å². The summed E-state index contributed by atoms with van der Waals surface area (Å²) in [5.74, 6) is -4.22. The van der Waals surface area contributed by atoms with Crippen LogP contribution in [-0.4, -0.2) is 47.9 Å². The number of hydrogen-bond donors (Lipinski definition) is 2. The summed E-state index contributed by atoms with van der Waals surface area (Å²) in [6.07, 6.45) is -1.00. The minimum absolute atomic E-state index is 0.163. The number of halogens is 1. The number of pyridine rings is 2. The number of carbonyl (C=O) groups is 1. The van der Waals surface area contributed by atoms with Crippen LogP contribution in [0.5, 0.6) is 11.5 Å². The SMILES string of the molecule is [2H]/C(C(=O)N([2H])c1c(OC([2H])([2H])C([2H])([2H])[2H])c([2H])c2nc([2H])c(C#N)c(Nc3c([2H])c([2H])c(OC([2H])([2H])c4nc(C)c([2H])c([2H])c4[2H])c(Cl)c3[2H])c2c1[2H])=C(/[2H])C([2H])([2H])N(C)C. The van der Waals surface area contributed by atoms with Gasteiger partial charge in [0, 0.05) is 48.4 Å². The molecule has 0 aliphatic heterocycles. The van der Waals surface area contributed by atoms with E-state index in [2.05, 4.69) is 15.3 Å². The molecule has 210 valence electrons. The van der Waals surface area contributed by atoms with Crippen molar-refractivity contribution in [2.45, 2.75) is 20.3 Å². The zero-order valence-electron chi connectivity index (χ0n) is 42.3. The Balaban J connectivity index is 2.08. The van der Waals surface area contributed by atoms with Gasteiger partial charge in [0.25, 0.3) is 0 Å². The average Bonchev–Trinajstić information content (AvgIpc) is 3.17. The number of nitrogens with zero attached hydrogens (tertiary/aromatic N) is 4. The third kappa shape index (κ3) is 7.72. The lowest BCUT2D eigenvalue weighted by molar-refractivity contribution is -0.111. The summed E-state index contributed by atoms with van der Waals surface area (Å²) in [6, 6.07) is -8.82. The van der Waals surface area contributed by atoms with Gasteiger partial charge in [-0.3, -0.25) is 14.8 Å². The summed E-state index contributed by atoms with van der Waals surface area (Å²) in [7, 11) is 2.31. The quantitative estimate of drug-likeness (QED) is 0.197. The number of anilines is 3. The van der Waals surface area contributed by atoms with Crippen LogP contribution in [-0.2, 0) is 11.4 Å². The van der Waals surface area contributed by atoms with Gasteiger partial charge >= 0.3 is 0 Å². The number of aryl methyl sites for hydroxylation is 1. The van der Waals surface area contributed by atoms with Crippen LogP contribution >= 0.6 is 11.6 Å². The molecule has 0 saturated carbocycles. The molecule has 0 saturated heterocycles. The summed E-state index contributed by atoms with van der Waals surface area (Å²) in [4.78, 5) is 22.0. The summed E-state index contributed by atoms with van der Waals surface area (Å²) < 4.78 is 184. The Morgan fingerprint density at radius 1 is 1.29 bits per heavy atom. The third-order valence-electron chi connectivity index (χ3n) is 4.57. The number of likely N-dealkylation sites (N-methyl/N-ethyl adjacent to an activating group) is 1. The zero-order chi connectivity index (χ0) is 47.7. The molecule has 4 aromatic rings. The topological polar surface area (TPSA) is 112 Å². The van der Waals surface area contributed by atoms with Crippen molar-refractivity contribution in [1.29, 1.82) is 5.26 Å². The largest absolute Gasteiger partial charge is 0.492 e. The number of aromatic nitrogens is 2. The van der Waals surface area contributed by atoms with Crippen molar-refractivity contribution in [3.05, 3.63) is 88.6 Å². The predicted molar refractivity (Wildman–Crippen MR) is 162 cm³/mol. The molecule has 0 aliphatic carbocycles. The molecule has 9 nitrogen and oxygen atoms in total. The number of carbonyl (C=O) groups excluding carboxylic acids is 1. The number of amides is 1. The minimum Gasteiger partial charge on any atom is -0.492 e. The fraction of sp³-hybridized carbons (Fsp3) is 0.226. The number of rotatable bonds is 11. The Morgan fingerprint density at radius 3 is 2.93 bits per heavy atom. The van der Waals surface area contributed by atoms with Crippen molar-refractivity contribution in [3.63, 3.8) is 0 Å². The van der Waals surface area contributed by atoms with Crippen molar-refractivity contribution in [1.82, 2.24) is 14.9 Å². The molecule has 0 spiro atoms. The highest BCUT2D eigenvalue weighted by Gasteiger charge is 2.16. The van der Waals surface area contributed by atoms with Crippen molar-refractivity contribution in [2.75, 3.05) is 37.8 Å². The second kappa shape index (κ2) is 13.6. The second-order valence-electron chi connectivity index (χ2n) is 7.76. The van der Waals surface area contributed by atoms with Crippen LogP contribution in [0.1, 0.15) is 51.2 Å². The molecule has 0 bridgehead atoms. The fourth-order valence-corrected chi connectivity index (χ4v) is 3.12. The van der Waals surface area contributed by atoms with Crippen LogP contribution < -0.4 is 20.1 Å². The van der Waals surface area contributed by atoms with Gasteiger partial charge in [-0.1, -0.05) is 23.7 Å². The lowest BCUT2D eigenvalue weighted by atomic mass is 10.1. The van der Waals surface area contributed by atoms with Gasteiger partial charge in [-0.15, -0.1) is 0 Å². The van der Waals surface area contributed by atoms with Crippen molar-refractivity contribution < 1.29 is 43.1 Å². The predicted octanol–water partition coefficient (Wildman–Crippen LogP) is 6.24. The molecular weight excluding hydrogens is 540 g/mol. The number of benzene rings is 2. The van der Waals surface area contributed by atoms with Crippen LogP contribution in [0, 0.1) is 18.3 Å². The summed E-state index contributed by atoms with van der Waals surface area (Å²) >= 11 is 6.40. The third-order valence-corrected chi connectivity index (χ3v) is 4.84. The van der Waals surface area contributed by atoms with Gasteiger partial charge in [-0.25, -0.2) is 0 Å². The molecule has 0 radical (unpaired) electrons. The molecule has 0 fully saturated rings. The molecule has 2 N–H and O–H groups in total. The lowest BCUT2D eigenvalue weighted by Crippen LogP contribution is -2.13. The molecule has 2 heterocycles. The van der Waals surface area contributed by atoms with Crippen LogP contribution in [0.3, 0.4) is 0 Å². The molecule has 0 aliphatic rings. The van der Waals surface area contributed by atoms with Gasteiger partial charge in [0.1, 0.15) is 24.1 Å². The van der Waals surface area contributed by atoms with Crippen molar-refractivity contribution in [3.8, 4) is 17.6 Å². The van der Waals surface area contributed by atoms with E-state index in [4.69, 9.17) is 49.9 Å². The Kier molecular flexibility index (Phi) is 4.14. The highest BCUT2D eigenvalue weighted by Crippen LogP contribution is 2.37. The second-order valence-corrected chi connectivity index (χ2v) is 8.14. The molecule has 10 heteroatoms. The van der Waals surface area contributed by atoms with Crippen LogP contribution in [0.4, 0.5) is 17.1 Å². The molecule has 2 aromatic carbocycles. The van der Waals surface area contributed by atoms with Gasteiger partial charge in [-0.2, -0.15) is 5.26 Å². The summed E-state index contributed by atoms with van der Waals surface area (Å²) in [5.41, 5.74) is -5.63. The number of hydrogen-bond acceptors (Lipinski definition) is 8. The Bertz CT molecular complexity index is 2590. The van der Waals surface area contributed by atoms with Gasteiger partial charge in [0.15, 0.2) is 1.41 Å². The molecule has 0 unspecified atom stereocenters. The van der Waals surface area contributed by atoms with Crippen LogP contribution in [0.25, 0.3) is 10.9 Å². The molecule has 2 aromatic heterocycles. The first-order chi connectivity index (χ1) is 28.2. The molecular formula is C31H31ClN6O3. The zero-order valence-corrected chi connectivity index (χ0v) is 22.1. The minimum atomic E-state index is -3.76. The van der Waals surface area contributed by atoms with E-state index < -0.39 is 160 Å². The maximum atomic E-state index is 13.6.